The van der Waals surface area contributed by atoms with Gasteiger partial charge in [-0.3, -0.25) is 14.4 Å². The third-order valence-electron chi connectivity index (χ3n) is 4.97. The summed E-state index contributed by atoms with van der Waals surface area (Å²) >= 11 is 0. The van der Waals surface area contributed by atoms with Crippen molar-refractivity contribution in [1.82, 2.24) is 4.90 Å². The van der Waals surface area contributed by atoms with Crippen LogP contribution in [0.2, 0.25) is 0 Å². The second kappa shape index (κ2) is 12.0. The molecule has 0 unspecified atom stereocenters. The fourth-order valence-corrected chi connectivity index (χ4v) is 3.40. The highest BCUT2D eigenvalue weighted by Gasteiger charge is 2.27. The van der Waals surface area contributed by atoms with E-state index in [1.165, 1.54) is 7.11 Å². The molecule has 0 aliphatic carbocycles. The van der Waals surface area contributed by atoms with Crippen LogP contribution in [0.25, 0.3) is 0 Å². The lowest BCUT2D eigenvalue weighted by molar-refractivity contribution is -0.140. The van der Waals surface area contributed by atoms with E-state index in [-0.39, 0.29) is 23.7 Å². The highest BCUT2D eigenvalue weighted by molar-refractivity contribution is 5.81. The second-order valence-corrected chi connectivity index (χ2v) is 7.09. The van der Waals surface area contributed by atoms with Crippen LogP contribution < -0.4 is 0 Å². The molecule has 5 heteroatoms. The quantitative estimate of drug-likeness (QED) is 0.373. The maximum Gasteiger partial charge on any atom is 0.305 e. The van der Waals surface area contributed by atoms with Gasteiger partial charge < -0.3 is 9.64 Å². The average Bonchev–Trinajstić information content (AvgIpc) is 2.70. The molecule has 1 aromatic rings. The minimum absolute atomic E-state index is 0.0883. The first-order chi connectivity index (χ1) is 13.6. The maximum atomic E-state index is 12.3. The molecule has 1 saturated heterocycles. The molecular formula is C23H29NO4. The molecule has 1 aromatic carbocycles. The molecule has 2 rings (SSSR count). The summed E-state index contributed by atoms with van der Waals surface area (Å²) in [5, 5.41) is 0. The van der Waals surface area contributed by atoms with Crippen LogP contribution >= 0.6 is 0 Å². The van der Waals surface area contributed by atoms with E-state index in [0.717, 1.165) is 18.4 Å². The lowest BCUT2D eigenvalue weighted by Crippen LogP contribution is -2.44. The van der Waals surface area contributed by atoms with Crippen molar-refractivity contribution in [2.75, 3.05) is 13.7 Å². The number of ketones is 1. The Morgan fingerprint density at radius 2 is 1.96 bits per heavy atom. The van der Waals surface area contributed by atoms with E-state index in [0.29, 0.717) is 51.5 Å². The molecule has 1 fully saturated rings. The van der Waals surface area contributed by atoms with Crippen LogP contribution in [0.1, 0.15) is 56.9 Å². The highest BCUT2D eigenvalue weighted by Crippen LogP contribution is 2.22. The van der Waals surface area contributed by atoms with Crippen LogP contribution in [0.3, 0.4) is 0 Å². The summed E-state index contributed by atoms with van der Waals surface area (Å²) in [6, 6.07) is 9.83. The van der Waals surface area contributed by atoms with E-state index in [2.05, 4.69) is 16.6 Å². The summed E-state index contributed by atoms with van der Waals surface area (Å²) in [5.41, 5.74) is 1.03. The number of amides is 1. The van der Waals surface area contributed by atoms with Gasteiger partial charge in [0.25, 0.3) is 0 Å². The number of hydrogen-bond donors (Lipinski definition) is 0. The molecule has 0 radical (unpaired) electrons. The van der Waals surface area contributed by atoms with E-state index < -0.39 is 0 Å². The zero-order valence-corrected chi connectivity index (χ0v) is 16.6. The van der Waals surface area contributed by atoms with Crippen molar-refractivity contribution >= 4 is 17.7 Å². The summed E-state index contributed by atoms with van der Waals surface area (Å²) in [5.74, 6) is 6.18. The van der Waals surface area contributed by atoms with Gasteiger partial charge in [0.1, 0.15) is 5.78 Å². The Kier molecular flexibility index (Phi) is 9.27. The van der Waals surface area contributed by atoms with Crippen molar-refractivity contribution in [3.63, 3.8) is 0 Å². The molecule has 1 aliphatic rings. The van der Waals surface area contributed by atoms with E-state index in [1.807, 2.05) is 35.2 Å². The van der Waals surface area contributed by atoms with Crippen molar-refractivity contribution in [2.45, 2.75) is 63.8 Å². The molecule has 1 amide bonds. The minimum Gasteiger partial charge on any atom is -0.469 e. The lowest BCUT2D eigenvalue weighted by Gasteiger charge is -2.34. The van der Waals surface area contributed by atoms with Gasteiger partial charge >= 0.3 is 5.97 Å². The van der Waals surface area contributed by atoms with E-state index in [1.54, 1.807) is 0 Å². The summed E-state index contributed by atoms with van der Waals surface area (Å²) in [6.45, 7) is 0.397. The van der Waals surface area contributed by atoms with Gasteiger partial charge in [-0.1, -0.05) is 36.3 Å². The maximum absolute atomic E-state index is 12.3. The number of nitrogens with zero attached hydrogens (tertiary/aromatic N) is 1. The van der Waals surface area contributed by atoms with Gasteiger partial charge in [0.15, 0.2) is 0 Å². The Hall–Kier alpha value is -2.61. The predicted molar refractivity (Wildman–Crippen MR) is 107 cm³/mol. The van der Waals surface area contributed by atoms with E-state index >= 15 is 0 Å². The summed E-state index contributed by atoms with van der Waals surface area (Å²) in [6.07, 6.45) is 5.60. The molecule has 5 nitrogen and oxygen atoms in total. The molecule has 0 spiro atoms. The first-order valence-corrected chi connectivity index (χ1v) is 9.97. The Morgan fingerprint density at radius 3 is 2.71 bits per heavy atom. The summed E-state index contributed by atoms with van der Waals surface area (Å²) in [7, 11) is 1.38. The topological polar surface area (TPSA) is 63.7 Å². The molecule has 0 saturated carbocycles. The van der Waals surface area contributed by atoms with Crippen LogP contribution in [0.4, 0.5) is 0 Å². The second-order valence-electron chi connectivity index (χ2n) is 7.09. The Bertz CT molecular complexity index is 717. The largest absolute Gasteiger partial charge is 0.469 e. The average molecular weight is 383 g/mol. The van der Waals surface area contributed by atoms with Gasteiger partial charge in [-0.05, 0) is 31.2 Å². The van der Waals surface area contributed by atoms with Crippen molar-refractivity contribution in [2.24, 2.45) is 0 Å². The van der Waals surface area contributed by atoms with Crippen LogP contribution in [-0.4, -0.2) is 42.3 Å². The first-order valence-electron chi connectivity index (χ1n) is 9.97. The minimum atomic E-state index is -0.228. The molecule has 150 valence electrons. The van der Waals surface area contributed by atoms with Gasteiger partial charge in [0.2, 0.25) is 5.91 Å². The molecule has 0 N–H and O–H groups in total. The number of benzene rings is 1. The van der Waals surface area contributed by atoms with Crippen molar-refractivity contribution < 1.29 is 19.1 Å². The fourth-order valence-electron chi connectivity index (χ4n) is 3.40. The number of methoxy groups -OCH3 is 1. The Balaban J connectivity index is 1.78. The molecule has 1 heterocycles. The van der Waals surface area contributed by atoms with Gasteiger partial charge in [-0.25, -0.2) is 0 Å². The molecular weight excluding hydrogens is 354 g/mol. The van der Waals surface area contributed by atoms with Crippen LogP contribution in [0, 0.1) is 11.8 Å². The van der Waals surface area contributed by atoms with Gasteiger partial charge in [0, 0.05) is 38.1 Å². The van der Waals surface area contributed by atoms with Crippen molar-refractivity contribution in [3.8, 4) is 11.8 Å². The summed E-state index contributed by atoms with van der Waals surface area (Å²) < 4.78 is 4.60. The van der Waals surface area contributed by atoms with Crippen molar-refractivity contribution in [3.05, 3.63) is 35.9 Å². The third-order valence-corrected chi connectivity index (χ3v) is 4.97. The van der Waals surface area contributed by atoms with Crippen LogP contribution in [0.15, 0.2) is 30.3 Å². The number of carbonyl (C=O) groups is 3. The number of hydrogen-bond acceptors (Lipinski definition) is 4. The lowest BCUT2D eigenvalue weighted by atomic mass is 9.95. The fraction of sp³-hybridized carbons (Fsp3) is 0.522. The normalized spacial score (nSPS) is 16.2. The van der Waals surface area contributed by atoms with Crippen LogP contribution in [-0.2, 0) is 25.5 Å². The number of Topliss-reactive ketones (excluding diaryl/α,β-unsaturated/α-hetero) is 1. The van der Waals surface area contributed by atoms with E-state index in [9.17, 15) is 14.4 Å². The third kappa shape index (κ3) is 7.56. The molecule has 0 aromatic heterocycles. The SMILES string of the molecule is COC(=O)CCCC#CCN1C(=O)CCC[C@@H]1CCC(=O)Cc1ccccc1. The Morgan fingerprint density at radius 1 is 1.18 bits per heavy atom. The van der Waals surface area contributed by atoms with Gasteiger partial charge in [-0.2, -0.15) is 0 Å². The summed E-state index contributed by atoms with van der Waals surface area (Å²) in [4.78, 5) is 37.5. The number of rotatable bonds is 9. The first kappa shape index (κ1) is 21.7. The number of ether oxygens (including phenoxy) is 1. The predicted octanol–water partition coefficient (Wildman–Crippen LogP) is 3.31. The number of likely N-dealkylation sites (tertiary alicyclic amines) is 1. The Labute approximate surface area is 167 Å². The molecule has 0 bridgehead atoms. The number of carbonyl (C=O) groups excluding carboxylic acids is 3. The monoisotopic (exact) mass is 383 g/mol. The zero-order valence-electron chi connectivity index (χ0n) is 16.6. The smallest absolute Gasteiger partial charge is 0.305 e. The number of esters is 1. The molecule has 1 atom stereocenters. The van der Waals surface area contributed by atoms with Gasteiger partial charge in [-0.15, -0.1) is 5.92 Å². The van der Waals surface area contributed by atoms with Gasteiger partial charge in [0.05, 0.1) is 13.7 Å². The molecule has 1 aliphatic heterocycles. The standard InChI is InChI=1S/C23H29NO4/c1-28-23(27)14-7-2-3-8-17-24-20(12-9-13-22(24)26)15-16-21(25)18-19-10-5-4-6-11-19/h4-6,10-11,20H,2,7,9,12-18H2,1H3/t20-/m1/s1. The highest BCUT2D eigenvalue weighted by atomic mass is 16.5. The number of piperidine rings is 1. The zero-order chi connectivity index (χ0) is 20.2. The van der Waals surface area contributed by atoms with Crippen LogP contribution in [0.5, 0.6) is 0 Å². The molecule has 28 heavy (non-hydrogen) atoms. The van der Waals surface area contributed by atoms with E-state index in [4.69, 9.17) is 0 Å². The van der Waals surface area contributed by atoms with Crippen molar-refractivity contribution in [1.29, 1.82) is 0 Å². The number of unbranched alkanes of at least 4 members (excludes halogenated alkanes) is 1.